The molecule has 0 aliphatic carbocycles. The molecule has 2 aromatic heterocycles. The van der Waals surface area contributed by atoms with Crippen LogP contribution in [0.2, 0.25) is 0 Å². The molecular formula is C13H19N5O5. The summed E-state index contributed by atoms with van der Waals surface area (Å²) >= 11 is 0. The van der Waals surface area contributed by atoms with Crippen molar-refractivity contribution in [2.24, 2.45) is 5.41 Å². The lowest BCUT2D eigenvalue weighted by atomic mass is 9.83. The maximum Gasteiger partial charge on any atom is 0.246 e. The van der Waals surface area contributed by atoms with Crippen LogP contribution in [-0.2, 0) is 4.74 Å². The zero-order valence-electron chi connectivity index (χ0n) is 12.7. The molecule has 10 nitrogen and oxygen atoms in total. The minimum Gasteiger partial charge on any atom is -0.479 e. The fraction of sp³-hybridized carbons (Fsp3) is 0.615. The quantitative estimate of drug-likeness (QED) is 0.536. The lowest BCUT2D eigenvalue weighted by Crippen LogP contribution is -2.41. The molecule has 10 heteroatoms. The van der Waals surface area contributed by atoms with Crippen LogP contribution in [0.15, 0.2) is 6.33 Å². The van der Waals surface area contributed by atoms with E-state index in [0.29, 0.717) is 11.2 Å². The topological polar surface area (TPSA) is 149 Å². The minimum atomic E-state index is -1.05. The Hall–Kier alpha value is -2.01. The summed E-state index contributed by atoms with van der Waals surface area (Å²) < 4.78 is 12.4. The van der Waals surface area contributed by atoms with Gasteiger partial charge in [-0.25, -0.2) is 4.98 Å². The molecule has 23 heavy (non-hydrogen) atoms. The van der Waals surface area contributed by atoms with Crippen molar-refractivity contribution in [1.29, 1.82) is 0 Å². The maximum atomic E-state index is 10.3. The number of anilines is 1. The molecule has 3 rings (SSSR count). The Morgan fingerprint density at radius 3 is 2.78 bits per heavy atom. The van der Waals surface area contributed by atoms with Gasteiger partial charge in [0, 0.05) is 0 Å². The van der Waals surface area contributed by atoms with E-state index in [1.165, 1.54) is 13.4 Å². The van der Waals surface area contributed by atoms with Crippen molar-refractivity contribution in [2.75, 3.05) is 26.1 Å². The van der Waals surface area contributed by atoms with Crippen LogP contribution in [0.3, 0.4) is 0 Å². The van der Waals surface area contributed by atoms with Crippen LogP contribution < -0.4 is 10.5 Å². The maximum absolute atomic E-state index is 10.3. The van der Waals surface area contributed by atoms with Crippen LogP contribution in [0.5, 0.6) is 5.88 Å². The summed E-state index contributed by atoms with van der Waals surface area (Å²) in [5, 5.41) is 29.5. The molecule has 2 aromatic rings. The van der Waals surface area contributed by atoms with Crippen LogP contribution in [0.25, 0.3) is 11.2 Å². The van der Waals surface area contributed by atoms with E-state index in [9.17, 15) is 15.3 Å². The molecule has 0 unspecified atom stereocenters. The Bertz CT molecular complexity index is 722. The molecule has 4 atom stereocenters. The normalized spacial score (nSPS) is 30.9. The van der Waals surface area contributed by atoms with E-state index in [2.05, 4.69) is 15.0 Å². The van der Waals surface area contributed by atoms with E-state index in [1.54, 1.807) is 11.5 Å². The zero-order valence-corrected chi connectivity index (χ0v) is 12.7. The predicted molar refractivity (Wildman–Crippen MR) is 78.5 cm³/mol. The van der Waals surface area contributed by atoms with E-state index in [-0.39, 0.29) is 25.0 Å². The van der Waals surface area contributed by atoms with Gasteiger partial charge in [0.25, 0.3) is 0 Å². The van der Waals surface area contributed by atoms with Crippen molar-refractivity contribution in [1.82, 2.24) is 19.5 Å². The first-order valence-electron chi connectivity index (χ1n) is 7.05. The Labute approximate surface area is 131 Å². The third-order valence-corrected chi connectivity index (χ3v) is 4.27. The first-order chi connectivity index (χ1) is 11.0. The van der Waals surface area contributed by atoms with Gasteiger partial charge < -0.3 is 30.5 Å². The average molecular weight is 325 g/mol. The second-order valence-electron chi connectivity index (χ2n) is 5.73. The van der Waals surface area contributed by atoms with E-state index in [0.717, 1.165) is 0 Å². The standard InChI is InChI=1S/C13H19N5O5/c1-13(4-20)8(21)6(3-19)23-11(13)18-5-15-7-9(18)16-12(14)17-10(7)22-2/h5-6,8,11,19-21H,3-4H2,1-2H3,(H2,14,16,17)/t6-,8-,11-,13-/m1/s1. The summed E-state index contributed by atoms with van der Waals surface area (Å²) in [5.41, 5.74) is 5.37. The highest BCUT2D eigenvalue weighted by atomic mass is 16.5. The van der Waals surface area contributed by atoms with E-state index < -0.39 is 23.9 Å². The highest BCUT2D eigenvalue weighted by molar-refractivity contribution is 5.77. The molecule has 0 saturated carbocycles. The molecule has 1 fully saturated rings. The van der Waals surface area contributed by atoms with Gasteiger partial charge in [0.2, 0.25) is 11.8 Å². The third-order valence-electron chi connectivity index (χ3n) is 4.27. The predicted octanol–water partition coefficient (Wildman–Crippen LogP) is -1.33. The number of nitrogens with zero attached hydrogens (tertiary/aromatic N) is 4. The number of aliphatic hydroxyl groups excluding tert-OH is 3. The highest BCUT2D eigenvalue weighted by Gasteiger charge is 2.53. The molecule has 0 bridgehead atoms. The Balaban J connectivity index is 2.14. The van der Waals surface area contributed by atoms with Crippen LogP contribution in [0, 0.1) is 5.41 Å². The van der Waals surface area contributed by atoms with Gasteiger partial charge in [-0.05, 0) is 0 Å². The molecule has 126 valence electrons. The number of aliphatic hydroxyl groups is 3. The molecule has 0 aromatic carbocycles. The Kier molecular flexibility index (Phi) is 3.84. The number of nitrogens with two attached hydrogens (primary N) is 1. The van der Waals surface area contributed by atoms with E-state index in [1.807, 2.05) is 0 Å². The van der Waals surface area contributed by atoms with E-state index >= 15 is 0 Å². The Morgan fingerprint density at radius 2 is 2.17 bits per heavy atom. The van der Waals surface area contributed by atoms with Crippen molar-refractivity contribution in [3.05, 3.63) is 6.33 Å². The summed E-state index contributed by atoms with van der Waals surface area (Å²) in [6, 6.07) is 0. The number of methoxy groups -OCH3 is 1. The van der Waals surface area contributed by atoms with Crippen molar-refractivity contribution >= 4 is 17.1 Å². The molecule has 1 aliphatic rings. The number of ether oxygens (including phenoxy) is 2. The van der Waals surface area contributed by atoms with E-state index in [4.69, 9.17) is 15.2 Å². The smallest absolute Gasteiger partial charge is 0.246 e. The number of hydrogen-bond donors (Lipinski definition) is 4. The SMILES string of the molecule is COc1nc(N)nc2c1ncn2[C@@H]1O[C@H](CO)[C@@H](O)[C@@]1(C)CO. The second kappa shape index (κ2) is 5.57. The Morgan fingerprint density at radius 1 is 1.43 bits per heavy atom. The van der Waals surface area contributed by atoms with Gasteiger partial charge in [-0.15, -0.1) is 0 Å². The number of imidazole rings is 1. The summed E-state index contributed by atoms with van der Waals surface area (Å²) in [4.78, 5) is 12.3. The molecule has 3 heterocycles. The summed E-state index contributed by atoms with van der Waals surface area (Å²) in [6.07, 6.45) is -1.22. The number of aromatic nitrogens is 4. The average Bonchev–Trinajstić information content (AvgIpc) is 3.07. The van der Waals surface area contributed by atoms with Gasteiger partial charge in [-0.3, -0.25) is 4.57 Å². The lowest BCUT2D eigenvalue weighted by Gasteiger charge is -2.31. The summed E-state index contributed by atoms with van der Waals surface area (Å²) in [5.74, 6) is 0.216. The highest BCUT2D eigenvalue weighted by Crippen LogP contribution is 2.46. The minimum absolute atomic E-state index is 0.000875. The zero-order chi connectivity index (χ0) is 16.8. The largest absolute Gasteiger partial charge is 0.479 e. The van der Waals surface area contributed by atoms with Gasteiger partial charge >= 0.3 is 0 Å². The number of fused-ring (bicyclic) bond motifs is 1. The molecule has 1 saturated heterocycles. The number of rotatable bonds is 4. The first-order valence-corrected chi connectivity index (χ1v) is 7.05. The van der Waals surface area contributed by atoms with Crippen LogP contribution in [0.1, 0.15) is 13.2 Å². The van der Waals surface area contributed by atoms with Gasteiger partial charge in [0.1, 0.15) is 12.3 Å². The molecular weight excluding hydrogens is 306 g/mol. The van der Waals surface area contributed by atoms with Gasteiger partial charge in [0.05, 0.1) is 38.2 Å². The fourth-order valence-electron chi connectivity index (χ4n) is 2.88. The molecule has 0 amide bonds. The molecule has 0 spiro atoms. The molecule has 0 radical (unpaired) electrons. The molecule has 1 aliphatic heterocycles. The van der Waals surface area contributed by atoms with Gasteiger partial charge in [0.15, 0.2) is 11.2 Å². The van der Waals surface area contributed by atoms with Crippen molar-refractivity contribution in [3.8, 4) is 5.88 Å². The van der Waals surface area contributed by atoms with Crippen LogP contribution in [-0.4, -0.2) is 67.4 Å². The van der Waals surface area contributed by atoms with Gasteiger partial charge in [-0.1, -0.05) is 6.92 Å². The van der Waals surface area contributed by atoms with Crippen LogP contribution in [0.4, 0.5) is 5.95 Å². The summed E-state index contributed by atoms with van der Waals surface area (Å²) in [6.45, 7) is 0.929. The van der Waals surface area contributed by atoms with Crippen molar-refractivity contribution in [2.45, 2.75) is 25.4 Å². The lowest BCUT2D eigenvalue weighted by molar-refractivity contribution is -0.0595. The first kappa shape index (κ1) is 15.9. The molecule has 5 N–H and O–H groups in total. The summed E-state index contributed by atoms with van der Waals surface area (Å²) in [7, 11) is 1.44. The monoisotopic (exact) mass is 325 g/mol. The van der Waals surface area contributed by atoms with Crippen LogP contribution >= 0.6 is 0 Å². The number of nitrogen functional groups attached to an aromatic ring is 1. The van der Waals surface area contributed by atoms with Crippen molar-refractivity contribution < 1.29 is 24.8 Å². The third kappa shape index (κ3) is 2.22. The number of hydrogen-bond acceptors (Lipinski definition) is 9. The second-order valence-corrected chi connectivity index (χ2v) is 5.73. The van der Waals surface area contributed by atoms with Gasteiger partial charge in [-0.2, -0.15) is 9.97 Å². The van der Waals surface area contributed by atoms with Crippen molar-refractivity contribution in [3.63, 3.8) is 0 Å². The fourth-order valence-corrected chi connectivity index (χ4v) is 2.88.